The van der Waals surface area contributed by atoms with Crippen molar-refractivity contribution in [3.05, 3.63) is 35.1 Å². The van der Waals surface area contributed by atoms with E-state index in [-0.39, 0.29) is 18.2 Å². The third kappa shape index (κ3) is 4.86. The topological polar surface area (TPSA) is 55.1 Å². The lowest BCUT2D eigenvalue weighted by Gasteiger charge is -2.10. The van der Waals surface area contributed by atoms with Gasteiger partial charge in [0.05, 0.1) is 5.56 Å². The van der Waals surface area contributed by atoms with Gasteiger partial charge in [0.25, 0.3) is 5.91 Å². The zero-order chi connectivity index (χ0) is 14.6. The van der Waals surface area contributed by atoms with Crippen molar-refractivity contribution < 1.29 is 22.4 Å². The summed E-state index contributed by atoms with van der Waals surface area (Å²) in [5.74, 6) is -1.86. The molecule has 0 heterocycles. The van der Waals surface area contributed by atoms with Crippen LogP contribution in [0.4, 0.5) is 17.6 Å². The Balaban J connectivity index is 2.83. The number of carbonyl (C=O) groups is 1. The van der Waals surface area contributed by atoms with Gasteiger partial charge in [0.1, 0.15) is 5.82 Å². The summed E-state index contributed by atoms with van der Waals surface area (Å²) in [7, 11) is 0. The van der Waals surface area contributed by atoms with Crippen LogP contribution in [0.25, 0.3) is 0 Å². The SMILES string of the molecule is CC(N)CCNC(=O)c1cc(F)cc(C(F)(F)F)c1. The predicted octanol–water partition coefficient (Wildman–Crippen LogP) is 2.31. The summed E-state index contributed by atoms with van der Waals surface area (Å²) in [6.07, 6.45) is -4.21. The van der Waals surface area contributed by atoms with E-state index >= 15 is 0 Å². The fourth-order valence-corrected chi connectivity index (χ4v) is 1.40. The van der Waals surface area contributed by atoms with E-state index in [0.29, 0.717) is 18.6 Å². The lowest BCUT2D eigenvalue weighted by Crippen LogP contribution is -2.29. The number of rotatable bonds is 4. The molecule has 1 rings (SSSR count). The lowest BCUT2D eigenvalue weighted by atomic mass is 10.1. The molecule has 0 aliphatic carbocycles. The van der Waals surface area contributed by atoms with Gasteiger partial charge in [-0.1, -0.05) is 0 Å². The second-order valence-electron chi connectivity index (χ2n) is 4.25. The minimum Gasteiger partial charge on any atom is -0.352 e. The molecule has 0 aliphatic rings. The summed E-state index contributed by atoms with van der Waals surface area (Å²) in [6, 6.07) is 1.58. The van der Waals surface area contributed by atoms with Crippen LogP contribution in [0.2, 0.25) is 0 Å². The first-order chi connectivity index (χ1) is 8.70. The molecule has 0 aliphatic heterocycles. The van der Waals surface area contributed by atoms with Gasteiger partial charge in [-0.05, 0) is 31.5 Å². The Labute approximate surface area is 107 Å². The zero-order valence-electron chi connectivity index (χ0n) is 10.2. The van der Waals surface area contributed by atoms with Gasteiger partial charge in [0.15, 0.2) is 0 Å². The number of alkyl halides is 3. The lowest BCUT2D eigenvalue weighted by molar-refractivity contribution is -0.137. The Morgan fingerprint density at radius 3 is 2.53 bits per heavy atom. The molecule has 0 spiro atoms. The summed E-state index contributed by atoms with van der Waals surface area (Å²) >= 11 is 0. The second-order valence-corrected chi connectivity index (χ2v) is 4.25. The molecule has 1 amide bonds. The number of hydrogen-bond donors (Lipinski definition) is 2. The molecule has 3 N–H and O–H groups in total. The Hall–Kier alpha value is -1.63. The molecule has 106 valence electrons. The highest BCUT2D eigenvalue weighted by Crippen LogP contribution is 2.30. The van der Waals surface area contributed by atoms with Crippen LogP contribution in [0.5, 0.6) is 0 Å². The van der Waals surface area contributed by atoms with Crippen LogP contribution in [0, 0.1) is 5.82 Å². The van der Waals surface area contributed by atoms with Crippen LogP contribution in [-0.2, 0) is 6.18 Å². The Bertz CT molecular complexity index is 458. The average Bonchev–Trinajstić information content (AvgIpc) is 2.26. The van der Waals surface area contributed by atoms with Crippen LogP contribution in [-0.4, -0.2) is 18.5 Å². The van der Waals surface area contributed by atoms with Crippen molar-refractivity contribution in [3.8, 4) is 0 Å². The molecule has 1 aromatic rings. The van der Waals surface area contributed by atoms with E-state index in [1.54, 1.807) is 6.92 Å². The van der Waals surface area contributed by atoms with Gasteiger partial charge in [-0.25, -0.2) is 4.39 Å². The van der Waals surface area contributed by atoms with E-state index in [4.69, 9.17) is 5.73 Å². The van der Waals surface area contributed by atoms with Crippen LogP contribution in [0.3, 0.4) is 0 Å². The zero-order valence-corrected chi connectivity index (χ0v) is 10.2. The Morgan fingerprint density at radius 1 is 1.37 bits per heavy atom. The fraction of sp³-hybridized carbons (Fsp3) is 0.417. The largest absolute Gasteiger partial charge is 0.416 e. The quantitative estimate of drug-likeness (QED) is 0.830. The minimum absolute atomic E-state index is 0.140. The first-order valence-corrected chi connectivity index (χ1v) is 5.61. The third-order valence-electron chi connectivity index (χ3n) is 2.37. The van der Waals surface area contributed by atoms with Crippen LogP contribution in [0.1, 0.15) is 29.3 Å². The highest BCUT2D eigenvalue weighted by atomic mass is 19.4. The highest BCUT2D eigenvalue weighted by Gasteiger charge is 2.31. The van der Waals surface area contributed by atoms with Crippen molar-refractivity contribution in [1.29, 1.82) is 0 Å². The van der Waals surface area contributed by atoms with E-state index in [0.717, 1.165) is 6.07 Å². The van der Waals surface area contributed by atoms with Gasteiger partial charge >= 0.3 is 6.18 Å². The van der Waals surface area contributed by atoms with Crippen molar-refractivity contribution in [2.75, 3.05) is 6.54 Å². The number of nitrogens with two attached hydrogens (primary N) is 1. The fourth-order valence-electron chi connectivity index (χ4n) is 1.40. The molecular formula is C12H14F4N2O. The third-order valence-corrected chi connectivity index (χ3v) is 2.37. The first-order valence-electron chi connectivity index (χ1n) is 5.61. The van der Waals surface area contributed by atoms with Gasteiger partial charge in [0, 0.05) is 18.2 Å². The van der Waals surface area contributed by atoms with Gasteiger partial charge in [-0.15, -0.1) is 0 Å². The maximum atomic E-state index is 13.1. The van der Waals surface area contributed by atoms with Crippen molar-refractivity contribution in [1.82, 2.24) is 5.32 Å². The maximum Gasteiger partial charge on any atom is 0.416 e. The van der Waals surface area contributed by atoms with Crippen molar-refractivity contribution in [3.63, 3.8) is 0 Å². The molecule has 1 aromatic carbocycles. The smallest absolute Gasteiger partial charge is 0.352 e. The molecule has 1 unspecified atom stereocenters. The molecule has 3 nitrogen and oxygen atoms in total. The molecule has 7 heteroatoms. The predicted molar refractivity (Wildman–Crippen MR) is 62.0 cm³/mol. The normalized spacial score (nSPS) is 13.2. The van der Waals surface area contributed by atoms with Crippen LogP contribution < -0.4 is 11.1 Å². The van der Waals surface area contributed by atoms with Crippen LogP contribution in [0.15, 0.2) is 18.2 Å². The van der Waals surface area contributed by atoms with Crippen molar-refractivity contribution in [2.45, 2.75) is 25.6 Å². The number of amides is 1. The molecule has 1 atom stereocenters. The summed E-state index contributed by atoms with van der Waals surface area (Å²) < 4.78 is 50.4. The number of hydrogen-bond acceptors (Lipinski definition) is 2. The number of carbonyl (C=O) groups excluding carboxylic acids is 1. The van der Waals surface area contributed by atoms with E-state index in [2.05, 4.69) is 5.32 Å². The summed E-state index contributed by atoms with van der Waals surface area (Å²) in [6.45, 7) is 1.95. The van der Waals surface area contributed by atoms with Crippen molar-refractivity contribution in [2.24, 2.45) is 5.73 Å². The number of halogens is 4. The molecular weight excluding hydrogens is 264 g/mol. The molecule has 0 fully saturated rings. The van der Waals surface area contributed by atoms with E-state index < -0.39 is 23.5 Å². The molecule has 0 saturated carbocycles. The molecule has 0 bridgehead atoms. The monoisotopic (exact) mass is 278 g/mol. The molecule has 0 aromatic heterocycles. The van der Waals surface area contributed by atoms with Crippen LogP contribution >= 0.6 is 0 Å². The summed E-state index contributed by atoms with van der Waals surface area (Å²) in [4.78, 5) is 11.6. The first kappa shape index (κ1) is 15.4. The van der Waals surface area contributed by atoms with Gasteiger partial charge in [0.2, 0.25) is 0 Å². The summed E-state index contributed by atoms with van der Waals surface area (Å²) in [5.41, 5.74) is 3.91. The standard InChI is InChI=1S/C12H14F4N2O/c1-7(17)2-3-18-11(19)8-4-9(12(14,15)16)6-10(13)5-8/h4-7H,2-3,17H2,1H3,(H,18,19). The minimum atomic E-state index is -4.69. The maximum absolute atomic E-state index is 13.1. The molecule has 0 saturated heterocycles. The number of benzene rings is 1. The second kappa shape index (κ2) is 6.01. The van der Waals surface area contributed by atoms with Gasteiger partial charge in [-0.3, -0.25) is 4.79 Å². The molecule has 0 radical (unpaired) electrons. The van der Waals surface area contributed by atoms with E-state index in [9.17, 15) is 22.4 Å². The van der Waals surface area contributed by atoms with Gasteiger partial charge < -0.3 is 11.1 Å². The summed E-state index contributed by atoms with van der Waals surface area (Å²) in [5, 5.41) is 2.38. The Morgan fingerprint density at radius 2 is 2.00 bits per heavy atom. The Kier molecular flexibility index (Phi) is 4.88. The molecule has 19 heavy (non-hydrogen) atoms. The van der Waals surface area contributed by atoms with Gasteiger partial charge in [-0.2, -0.15) is 13.2 Å². The van der Waals surface area contributed by atoms with E-state index in [1.165, 1.54) is 0 Å². The average molecular weight is 278 g/mol. The van der Waals surface area contributed by atoms with Crippen molar-refractivity contribution >= 4 is 5.91 Å². The van der Waals surface area contributed by atoms with E-state index in [1.807, 2.05) is 0 Å². The highest BCUT2D eigenvalue weighted by molar-refractivity contribution is 5.94. The number of nitrogens with one attached hydrogen (secondary N) is 1.